The summed E-state index contributed by atoms with van der Waals surface area (Å²) in [5.74, 6) is -8.29. The van der Waals surface area contributed by atoms with E-state index in [9.17, 15) is 96.4 Å². The standard InChI is InChI=1S/2C37H49F2N3O7S.C37H50FN3O7S/c2*1-4-12-31(13-5-2)50(46,47)25-33(41-37(45)49-23-26-14-8-6-9-15-26)36(44)42(34(24-48-3)28-16-10-7-11-17-28)22-35(43)32(40)20-27-18-29(38)21-30(39)19-27;1-4-12-31(13-5-2)49(46,47)25-33(40-37(45)48-24-27-14-8-6-9-15-27)36(44)41(34(23-42)29-16-10-7-11-17-29)22-35(43)32(39)21-28-18-26(3)19-30(38)20-28/h2*6-11,14-19,21,31-35,43H,4-5,12-13,20,22-25,40H2,1-3H3,(H,41,45);6-11,14-20,31-35,42-43H,4-5,12-13,21-25,39H2,1-3H3,(H,40,45)/t32-,33+,34?,35+;32-,33+,34+,35+;32-,33+,34-,35-/m000/s1. The zero-order chi connectivity index (χ0) is 109. The number of alkyl carbamates (subject to hydrolysis) is 3. The molecule has 9 rings (SSSR count). The molecular weight excluding hydrogens is 1990 g/mol. The first-order valence-corrected chi connectivity index (χ1v) is 55.5. The number of carbonyl (C=O) groups is 6. The Labute approximate surface area is 873 Å². The fourth-order valence-corrected chi connectivity index (χ4v) is 24.0. The minimum Gasteiger partial charge on any atom is -0.445 e. The van der Waals surface area contributed by atoms with Gasteiger partial charge in [0.2, 0.25) is 17.7 Å². The summed E-state index contributed by atoms with van der Waals surface area (Å²) in [4.78, 5) is 86.9. The number of hydrogen-bond acceptors (Lipinski definition) is 24. The lowest BCUT2D eigenvalue weighted by Crippen LogP contribution is -2.56. The lowest BCUT2D eigenvalue weighted by Gasteiger charge is -2.37. The number of rotatable bonds is 59. The number of benzene rings is 9. The van der Waals surface area contributed by atoms with Crippen molar-refractivity contribution in [1.82, 2.24) is 30.7 Å². The number of aryl methyl sites for hydroxylation is 1. The minimum atomic E-state index is -3.94. The number of ether oxygens (including phenoxy) is 5. The molecule has 149 heavy (non-hydrogen) atoms. The summed E-state index contributed by atoms with van der Waals surface area (Å²) >= 11 is 0. The van der Waals surface area contributed by atoms with E-state index in [0.29, 0.717) is 122 Å². The van der Waals surface area contributed by atoms with Gasteiger partial charge in [0.05, 0.1) is 89.3 Å². The number of hydrogen-bond donors (Lipinski definition) is 10. The Hall–Kier alpha value is -11.7. The van der Waals surface area contributed by atoms with Crippen molar-refractivity contribution < 1.29 is 120 Å². The van der Waals surface area contributed by atoms with Gasteiger partial charge in [0.25, 0.3) is 0 Å². The number of nitrogens with one attached hydrogen (secondary N) is 3. The van der Waals surface area contributed by atoms with Gasteiger partial charge in [-0.15, -0.1) is 0 Å². The number of aliphatic hydroxyl groups excluding tert-OH is 4. The van der Waals surface area contributed by atoms with Crippen LogP contribution < -0.4 is 33.2 Å². The van der Waals surface area contributed by atoms with Crippen molar-refractivity contribution in [3.63, 3.8) is 0 Å². The molecule has 816 valence electrons. The van der Waals surface area contributed by atoms with Gasteiger partial charge in [0.15, 0.2) is 29.5 Å². The molecule has 0 radical (unpaired) electrons. The number of carbonyl (C=O) groups excluding carboxylic acids is 6. The fourth-order valence-electron chi connectivity index (χ4n) is 17.6. The van der Waals surface area contributed by atoms with Gasteiger partial charge in [-0.05, 0) is 157 Å². The quantitative estimate of drug-likeness (QED) is 0.0125. The number of sulfone groups is 3. The summed E-state index contributed by atoms with van der Waals surface area (Å²) in [6, 6.07) is 52.3. The van der Waals surface area contributed by atoms with E-state index in [-0.39, 0.29) is 63.4 Å². The summed E-state index contributed by atoms with van der Waals surface area (Å²) in [6.45, 7) is 10.7. The van der Waals surface area contributed by atoms with E-state index in [1.54, 1.807) is 189 Å². The fraction of sp³-hybridized carbons (Fsp3) is 0.459. The summed E-state index contributed by atoms with van der Waals surface area (Å²) in [5.41, 5.74) is 24.4. The van der Waals surface area contributed by atoms with Crippen LogP contribution in [0.5, 0.6) is 0 Å². The monoisotopic (exact) mass is 2130 g/mol. The van der Waals surface area contributed by atoms with E-state index in [0.717, 1.165) is 41.3 Å². The molecule has 0 aliphatic carbocycles. The Morgan fingerprint density at radius 2 is 0.564 bits per heavy atom. The average Bonchev–Trinajstić information content (AvgIpc) is 0.808. The lowest BCUT2D eigenvalue weighted by molar-refractivity contribution is -0.139. The van der Waals surface area contributed by atoms with Crippen LogP contribution in [0.4, 0.5) is 36.3 Å². The zero-order valence-corrected chi connectivity index (χ0v) is 88.6. The molecule has 38 heteroatoms. The topological polar surface area (TPSA) is 456 Å². The molecule has 30 nitrogen and oxygen atoms in total. The normalized spacial score (nSPS) is 14.1. The molecule has 0 aliphatic rings. The maximum atomic E-state index is 14.6. The van der Waals surface area contributed by atoms with E-state index in [1.807, 2.05) is 47.6 Å². The molecule has 13 N–H and O–H groups in total. The summed E-state index contributed by atoms with van der Waals surface area (Å²) in [6.07, 6.45) is -1.54. The van der Waals surface area contributed by atoms with Crippen molar-refractivity contribution in [3.05, 3.63) is 321 Å². The smallest absolute Gasteiger partial charge is 0.408 e. The van der Waals surface area contributed by atoms with Crippen LogP contribution in [-0.4, -0.2) is 238 Å². The highest BCUT2D eigenvalue weighted by molar-refractivity contribution is 7.92. The van der Waals surface area contributed by atoms with E-state index in [4.69, 9.17) is 40.9 Å². The van der Waals surface area contributed by atoms with Gasteiger partial charge in [0, 0.05) is 64.1 Å². The second-order valence-corrected chi connectivity index (χ2v) is 44.2. The molecule has 0 spiro atoms. The molecule has 0 aliphatic heterocycles. The first kappa shape index (κ1) is 124. The Morgan fingerprint density at radius 1 is 0.336 bits per heavy atom. The molecule has 0 saturated carbocycles. The van der Waals surface area contributed by atoms with Gasteiger partial charge >= 0.3 is 18.3 Å². The molecule has 1 unspecified atom stereocenters. The van der Waals surface area contributed by atoms with Crippen LogP contribution >= 0.6 is 0 Å². The Kier molecular flexibility index (Phi) is 53.5. The van der Waals surface area contributed by atoms with Crippen molar-refractivity contribution in [2.24, 2.45) is 17.2 Å². The highest BCUT2D eigenvalue weighted by atomic mass is 32.2. The van der Waals surface area contributed by atoms with Crippen LogP contribution in [0.2, 0.25) is 0 Å². The number of methoxy groups -OCH3 is 2. The molecule has 0 aromatic heterocycles. The van der Waals surface area contributed by atoms with Crippen molar-refractivity contribution >= 4 is 65.5 Å². The van der Waals surface area contributed by atoms with Gasteiger partial charge < -0.3 is 92.0 Å². The zero-order valence-electron chi connectivity index (χ0n) is 86.2. The minimum absolute atomic E-state index is 0.0565. The van der Waals surface area contributed by atoms with E-state index in [2.05, 4.69) is 16.0 Å². The van der Waals surface area contributed by atoms with Gasteiger partial charge in [-0.2, -0.15) is 0 Å². The molecule has 0 heterocycles. The summed E-state index contributed by atoms with van der Waals surface area (Å²) in [5, 5.41) is 49.9. The van der Waals surface area contributed by atoms with Crippen LogP contribution in [0.25, 0.3) is 0 Å². The summed E-state index contributed by atoms with van der Waals surface area (Å²) in [7, 11) is -8.95. The van der Waals surface area contributed by atoms with Gasteiger partial charge in [-0.1, -0.05) is 268 Å². The second kappa shape index (κ2) is 64.1. The van der Waals surface area contributed by atoms with Gasteiger partial charge in [-0.25, -0.2) is 61.6 Å². The first-order chi connectivity index (χ1) is 71.1. The van der Waals surface area contributed by atoms with Gasteiger partial charge in [0.1, 0.15) is 67.0 Å². The maximum Gasteiger partial charge on any atom is 0.408 e. The van der Waals surface area contributed by atoms with Crippen molar-refractivity contribution in [3.8, 4) is 0 Å². The van der Waals surface area contributed by atoms with Crippen LogP contribution in [0.1, 0.15) is 192 Å². The third kappa shape index (κ3) is 41.9. The maximum absolute atomic E-state index is 14.6. The summed E-state index contributed by atoms with van der Waals surface area (Å²) < 4.78 is 180. The number of nitrogens with zero attached hydrogens (tertiary/aromatic N) is 3. The van der Waals surface area contributed by atoms with Crippen LogP contribution in [0, 0.1) is 36.0 Å². The molecule has 6 amide bonds. The number of nitrogens with two attached hydrogens (primary N) is 3. The molecular formula is C111H148F5N9O21S3. The second-order valence-electron chi connectivity index (χ2n) is 37.2. The van der Waals surface area contributed by atoms with E-state index in [1.165, 1.54) is 36.2 Å². The molecule has 0 fully saturated rings. The SMILES string of the molecule is CCCC(CCC)S(=O)(=O)C[C@@H](NC(=O)OCc1ccccc1)C(=O)N(C[C@@H](O)[C@@H](N)Cc1cc(F)cc(F)c1)C(COC)c1ccccc1.CCCC(CCC)S(=O)(=O)C[C@@H](NC(=O)OCc1ccccc1)C(=O)N(C[C@@H](O)[C@@H](N)Cc1cc(F)cc(F)c1)[C@H](COC)c1ccccc1.CCCC(CCC)S(=O)(=O)C[C@@H](NC(=O)OCc1ccccc1)C(=O)N(C[C@H](O)[C@@H](N)Cc1cc(C)cc(F)c1)[C@@H](CO)c1ccccc1. The molecule has 9 aromatic carbocycles. The number of aliphatic hydroxyl groups is 4. The number of halogens is 5. The Bertz CT molecular complexity index is 5590. The molecule has 9 aromatic rings. The Morgan fingerprint density at radius 3 is 0.799 bits per heavy atom. The Balaban J connectivity index is 0.000000302. The van der Waals surface area contributed by atoms with E-state index >= 15 is 0 Å². The number of amides is 6. The van der Waals surface area contributed by atoms with Crippen LogP contribution in [0.15, 0.2) is 237 Å². The van der Waals surface area contributed by atoms with Crippen LogP contribution in [0.3, 0.4) is 0 Å². The first-order valence-electron chi connectivity index (χ1n) is 50.3. The van der Waals surface area contributed by atoms with Crippen LogP contribution in [-0.2, 0) is 107 Å². The third-order valence-electron chi connectivity index (χ3n) is 25.1. The molecule has 0 saturated heterocycles. The predicted molar refractivity (Wildman–Crippen MR) is 563 cm³/mol. The van der Waals surface area contributed by atoms with E-state index < -0.39 is 227 Å². The van der Waals surface area contributed by atoms with Crippen molar-refractivity contribution in [1.29, 1.82) is 0 Å². The molecule has 12 atom stereocenters. The highest BCUT2D eigenvalue weighted by Gasteiger charge is 2.44. The van der Waals surface area contributed by atoms with Gasteiger partial charge in [-0.3, -0.25) is 14.4 Å². The lowest BCUT2D eigenvalue weighted by atomic mass is 9.98. The largest absolute Gasteiger partial charge is 0.445 e. The van der Waals surface area contributed by atoms with Crippen molar-refractivity contribution in [2.45, 2.75) is 253 Å². The average molecular weight is 2140 g/mol. The third-order valence-corrected chi connectivity index (χ3v) is 32.0. The molecule has 0 bridgehead atoms. The van der Waals surface area contributed by atoms with Crippen molar-refractivity contribution in [2.75, 3.05) is 70.9 Å². The predicted octanol–water partition coefficient (Wildman–Crippen LogP) is 14.8. The highest BCUT2D eigenvalue weighted by Crippen LogP contribution is 2.32.